The van der Waals surface area contributed by atoms with Gasteiger partial charge in [0.25, 0.3) is 0 Å². The van der Waals surface area contributed by atoms with Crippen LogP contribution in [0.1, 0.15) is 18.4 Å². The number of para-hydroxylation sites is 1. The van der Waals surface area contributed by atoms with Gasteiger partial charge in [0.15, 0.2) is 0 Å². The molecule has 0 atom stereocenters. The highest BCUT2D eigenvalue weighted by Gasteiger charge is 2.16. The molecule has 1 N–H and O–H groups in total. The van der Waals surface area contributed by atoms with Crippen LogP contribution in [0.2, 0.25) is 0 Å². The minimum atomic E-state index is 0.947. The second kappa shape index (κ2) is 6.44. The summed E-state index contributed by atoms with van der Waals surface area (Å²) in [6.45, 7) is 4.24. The molecule has 108 valence electrons. The first kappa shape index (κ1) is 13.7. The summed E-state index contributed by atoms with van der Waals surface area (Å²) in [5, 5.41) is 3.46. The average Bonchev–Trinajstić information content (AvgIpc) is 3.04. The van der Waals surface area contributed by atoms with Crippen molar-refractivity contribution in [3.63, 3.8) is 0 Å². The standard InChI is InChI=1S/C18H21N3/c1-15-9-11-17(12-10-15)20-18(21-13-5-6-14-21)19-16-7-3-2-4-8-16/h2-4,7-12H,5-6,13-14H2,1H3,(H,19,20). The zero-order chi connectivity index (χ0) is 14.5. The fraction of sp³-hybridized carbons (Fsp3) is 0.278. The van der Waals surface area contributed by atoms with Crippen LogP contribution in [0.5, 0.6) is 0 Å². The van der Waals surface area contributed by atoms with E-state index in [1.807, 2.05) is 18.2 Å². The van der Waals surface area contributed by atoms with Crippen LogP contribution >= 0.6 is 0 Å². The summed E-state index contributed by atoms with van der Waals surface area (Å²) < 4.78 is 0. The number of aryl methyl sites for hydroxylation is 1. The lowest BCUT2D eigenvalue weighted by molar-refractivity contribution is 0.518. The second-order valence-electron chi connectivity index (χ2n) is 5.46. The van der Waals surface area contributed by atoms with Crippen molar-refractivity contribution in [2.75, 3.05) is 18.4 Å². The number of anilines is 1. The summed E-state index contributed by atoms with van der Waals surface area (Å²) in [7, 11) is 0. The van der Waals surface area contributed by atoms with Crippen molar-refractivity contribution >= 4 is 17.3 Å². The molecule has 0 radical (unpaired) electrons. The Morgan fingerprint density at radius 1 is 0.952 bits per heavy atom. The van der Waals surface area contributed by atoms with Crippen molar-refractivity contribution in [3.05, 3.63) is 60.2 Å². The van der Waals surface area contributed by atoms with Crippen molar-refractivity contribution in [1.82, 2.24) is 4.90 Å². The number of aliphatic imine (C=N–C) groups is 1. The lowest BCUT2D eigenvalue weighted by atomic mass is 10.2. The molecule has 0 unspecified atom stereocenters. The summed E-state index contributed by atoms with van der Waals surface area (Å²) in [6.07, 6.45) is 2.48. The highest BCUT2D eigenvalue weighted by molar-refractivity contribution is 5.95. The normalized spacial score (nSPS) is 15.3. The first-order chi connectivity index (χ1) is 10.3. The van der Waals surface area contributed by atoms with Crippen LogP contribution < -0.4 is 5.32 Å². The lowest BCUT2D eigenvalue weighted by Gasteiger charge is -2.21. The summed E-state index contributed by atoms with van der Waals surface area (Å²) in [6, 6.07) is 18.6. The fourth-order valence-electron chi connectivity index (χ4n) is 2.50. The SMILES string of the molecule is Cc1ccc(N=C(Nc2ccccc2)N2CCCC2)cc1. The van der Waals surface area contributed by atoms with Crippen LogP contribution in [0.4, 0.5) is 11.4 Å². The molecule has 2 aromatic carbocycles. The van der Waals surface area contributed by atoms with E-state index in [9.17, 15) is 0 Å². The van der Waals surface area contributed by atoms with Gasteiger partial charge in [0, 0.05) is 18.8 Å². The van der Waals surface area contributed by atoms with Gasteiger partial charge in [-0.05, 0) is 44.0 Å². The Labute approximate surface area is 126 Å². The molecule has 3 nitrogen and oxygen atoms in total. The summed E-state index contributed by atoms with van der Waals surface area (Å²) in [4.78, 5) is 7.13. The van der Waals surface area contributed by atoms with E-state index in [4.69, 9.17) is 4.99 Å². The molecule has 1 saturated heterocycles. The van der Waals surface area contributed by atoms with Gasteiger partial charge >= 0.3 is 0 Å². The fourth-order valence-corrected chi connectivity index (χ4v) is 2.50. The van der Waals surface area contributed by atoms with Gasteiger partial charge in [-0.2, -0.15) is 0 Å². The molecule has 0 saturated carbocycles. The van der Waals surface area contributed by atoms with Gasteiger partial charge in [0.05, 0.1) is 5.69 Å². The number of nitrogens with zero attached hydrogens (tertiary/aromatic N) is 2. The molecular weight excluding hydrogens is 258 g/mol. The number of rotatable bonds is 2. The molecule has 1 heterocycles. The molecule has 2 aromatic rings. The number of hydrogen-bond donors (Lipinski definition) is 1. The number of guanidine groups is 1. The van der Waals surface area contributed by atoms with Crippen molar-refractivity contribution in [1.29, 1.82) is 0 Å². The average molecular weight is 279 g/mol. The maximum absolute atomic E-state index is 4.81. The Morgan fingerprint density at radius 3 is 2.29 bits per heavy atom. The van der Waals surface area contributed by atoms with Crippen molar-refractivity contribution in [2.45, 2.75) is 19.8 Å². The van der Waals surface area contributed by atoms with Gasteiger partial charge in [-0.1, -0.05) is 35.9 Å². The Morgan fingerprint density at radius 2 is 1.62 bits per heavy atom. The molecule has 3 heteroatoms. The highest BCUT2D eigenvalue weighted by Crippen LogP contribution is 2.17. The van der Waals surface area contributed by atoms with E-state index >= 15 is 0 Å². The van der Waals surface area contributed by atoms with E-state index in [0.717, 1.165) is 30.4 Å². The van der Waals surface area contributed by atoms with Gasteiger partial charge in [0.1, 0.15) is 0 Å². The second-order valence-corrected chi connectivity index (χ2v) is 5.46. The molecule has 1 aliphatic rings. The van der Waals surface area contributed by atoms with E-state index in [0.29, 0.717) is 0 Å². The van der Waals surface area contributed by atoms with Gasteiger partial charge < -0.3 is 10.2 Å². The van der Waals surface area contributed by atoms with Crippen molar-refractivity contribution in [3.8, 4) is 0 Å². The van der Waals surface area contributed by atoms with Crippen LogP contribution in [0, 0.1) is 6.92 Å². The Hall–Kier alpha value is -2.29. The van der Waals surface area contributed by atoms with E-state index < -0.39 is 0 Å². The molecule has 21 heavy (non-hydrogen) atoms. The summed E-state index contributed by atoms with van der Waals surface area (Å²) in [5.41, 5.74) is 3.33. The van der Waals surface area contributed by atoms with E-state index in [-0.39, 0.29) is 0 Å². The quantitative estimate of drug-likeness (QED) is 0.659. The number of likely N-dealkylation sites (tertiary alicyclic amines) is 1. The van der Waals surface area contributed by atoms with Gasteiger partial charge in [-0.15, -0.1) is 0 Å². The molecule has 0 spiro atoms. The summed E-state index contributed by atoms with van der Waals surface area (Å²) in [5.74, 6) is 0.947. The third kappa shape index (κ3) is 3.63. The maximum Gasteiger partial charge on any atom is 0.203 e. The monoisotopic (exact) mass is 279 g/mol. The van der Waals surface area contributed by atoms with Gasteiger partial charge in [-0.3, -0.25) is 0 Å². The zero-order valence-corrected chi connectivity index (χ0v) is 12.4. The van der Waals surface area contributed by atoms with Crippen LogP contribution in [-0.2, 0) is 0 Å². The summed E-state index contributed by atoms with van der Waals surface area (Å²) >= 11 is 0. The minimum absolute atomic E-state index is 0.947. The van der Waals surface area contributed by atoms with Crippen molar-refractivity contribution in [2.24, 2.45) is 4.99 Å². The van der Waals surface area contributed by atoms with E-state index in [2.05, 4.69) is 53.5 Å². The third-order valence-corrected chi connectivity index (χ3v) is 3.70. The first-order valence-corrected chi connectivity index (χ1v) is 7.54. The van der Waals surface area contributed by atoms with E-state index in [1.54, 1.807) is 0 Å². The van der Waals surface area contributed by atoms with E-state index in [1.165, 1.54) is 18.4 Å². The molecule has 1 aliphatic heterocycles. The molecule has 1 fully saturated rings. The molecule has 0 aromatic heterocycles. The first-order valence-electron chi connectivity index (χ1n) is 7.54. The Bertz CT molecular complexity index is 596. The number of nitrogens with one attached hydrogen (secondary N) is 1. The Balaban J connectivity index is 1.86. The lowest BCUT2D eigenvalue weighted by Crippen LogP contribution is -2.33. The van der Waals surface area contributed by atoms with Gasteiger partial charge in [-0.25, -0.2) is 4.99 Å². The number of benzene rings is 2. The van der Waals surface area contributed by atoms with Gasteiger partial charge in [0.2, 0.25) is 5.96 Å². The predicted molar refractivity (Wildman–Crippen MR) is 89.1 cm³/mol. The maximum atomic E-state index is 4.81. The zero-order valence-electron chi connectivity index (χ0n) is 12.4. The topological polar surface area (TPSA) is 27.6 Å². The molecule has 0 aliphatic carbocycles. The van der Waals surface area contributed by atoms with Crippen LogP contribution in [0.15, 0.2) is 59.6 Å². The molecule has 3 rings (SSSR count). The largest absolute Gasteiger partial charge is 0.342 e. The van der Waals surface area contributed by atoms with Crippen LogP contribution in [-0.4, -0.2) is 23.9 Å². The number of hydrogen-bond acceptors (Lipinski definition) is 1. The highest BCUT2D eigenvalue weighted by atomic mass is 15.3. The van der Waals surface area contributed by atoms with Crippen LogP contribution in [0.3, 0.4) is 0 Å². The molecule has 0 amide bonds. The van der Waals surface area contributed by atoms with Crippen LogP contribution in [0.25, 0.3) is 0 Å². The Kier molecular flexibility index (Phi) is 4.20. The van der Waals surface area contributed by atoms with Crippen molar-refractivity contribution < 1.29 is 0 Å². The smallest absolute Gasteiger partial charge is 0.203 e. The minimum Gasteiger partial charge on any atom is -0.342 e. The third-order valence-electron chi connectivity index (χ3n) is 3.70. The predicted octanol–water partition coefficient (Wildman–Crippen LogP) is 4.19. The molecule has 0 bridgehead atoms. The molecular formula is C18H21N3.